The summed E-state index contributed by atoms with van der Waals surface area (Å²) >= 11 is 0. The van der Waals surface area contributed by atoms with Crippen molar-refractivity contribution in [3.63, 3.8) is 0 Å². The van der Waals surface area contributed by atoms with E-state index in [2.05, 4.69) is 0 Å². The van der Waals surface area contributed by atoms with Gasteiger partial charge in [0, 0.05) is 25.6 Å². The van der Waals surface area contributed by atoms with Gasteiger partial charge < -0.3 is 15.1 Å². The van der Waals surface area contributed by atoms with Gasteiger partial charge in [0.05, 0.1) is 11.7 Å². The van der Waals surface area contributed by atoms with Crippen LogP contribution in [0, 0.1) is 5.92 Å². The lowest BCUT2D eigenvalue weighted by atomic mass is 9.96. The molecule has 2 aromatic rings. The van der Waals surface area contributed by atoms with Gasteiger partial charge in [-0.05, 0) is 17.9 Å². The molecule has 0 spiro atoms. The third-order valence-corrected chi connectivity index (χ3v) is 6.07. The molecule has 0 aromatic heterocycles. The standard InChI is InChI=1S/C27H31N3O6/c1-17(2)24-26(34)30(23(16-28(24)18(3)31)21-13-9-6-10-14-21)29(19(4)32)22(25(33)27(35)36)15-20-11-7-5-8-12-20/h5-14,16-17,22,24-25,33H,15H2,1-4H3,(H,35,36)/t22-,24?,25?/m0/s1. The van der Waals surface area contributed by atoms with Gasteiger partial charge in [-0.2, -0.15) is 0 Å². The van der Waals surface area contributed by atoms with Crippen molar-refractivity contribution in [1.82, 2.24) is 14.9 Å². The van der Waals surface area contributed by atoms with Gasteiger partial charge in [-0.3, -0.25) is 14.4 Å². The second-order valence-corrected chi connectivity index (χ2v) is 9.05. The molecular formula is C27H31N3O6. The fourth-order valence-corrected chi connectivity index (χ4v) is 4.43. The Kier molecular flexibility index (Phi) is 8.26. The summed E-state index contributed by atoms with van der Waals surface area (Å²) in [6.45, 7) is 6.13. The number of benzene rings is 2. The number of aliphatic hydroxyl groups excluding tert-OH is 1. The summed E-state index contributed by atoms with van der Waals surface area (Å²) in [7, 11) is 0. The van der Waals surface area contributed by atoms with E-state index in [9.17, 15) is 29.4 Å². The van der Waals surface area contributed by atoms with Gasteiger partial charge in [-0.15, -0.1) is 0 Å². The van der Waals surface area contributed by atoms with E-state index in [1.807, 2.05) is 0 Å². The van der Waals surface area contributed by atoms with Crippen molar-refractivity contribution in [2.24, 2.45) is 5.92 Å². The van der Waals surface area contributed by atoms with E-state index in [-0.39, 0.29) is 23.9 Å². The Hall–Kier alpha value is -3.98. The van der Waals surface area contributed by atoms with Crippen molar-refractivity contribution in [2.45, 2.75) is 52.3 Å². The lowest BCUT2D eigenvalue weighted by Gasteiger charge is -2.47. The molecule has 1 heterocycles. The van der Waals surface area contributed by atoms with Crippen molar-refractivity contribution >= 4 is 29.4 Å². The number of amides is 3. The molecule has 0 aliphatic carbocycles. The number of aliphatic carboxylic acids is 1. The normalized spacial score (nSPS) is 17.4. The number of hydrogen-bond acceptors (Lipinski definition) is 5. The van der Waals surface area contributed by atoms with Crippen LogP contribution < -0.4 is 0 Å². The van der Waals surface area contributed by atoms with E-state index in [0.717, 1.165) is 10.0 Å². The van der Waals surface area contributed by atoms with E-state index in [4.69, 9.17) is 0 Å². The Morgan fingerprint density at radius 2 is 1.53 bits per heavy atom. The fraction of sp³-hybridized carbons (Fsp3) is 0.333. The number of carbonyl (C=O) groups excluding carboxylic acids is 3. The summed E-state index contributed by atoms with van der Waals surface area (Å²) in [4.78, 5) is 53.0. The molecule has 1 aliphatic rings. The quantitative estimate of drug-likeness (QED) is 0.583. The number of carbonyl (C=O) groups is 4. The first-order valence-corrected chi connectivity index (χ1v) is 11.7. The third-order valence-electron chi connectivity index (χ3n) is 6.07. The Morgan fingerprint density at radius 1 is 0.972 bits per heavy atom. The first kappa shape index (κ1) is 26.6. The largest absolute Gasteiger partial charge is 0.479 e. The molecule has 0 radical (unpaired) electrons. The molecule has 3 rings (SSSR count). The van der Waals surface area contributed by atoms with Crippen molar-refractivity contribution in [1.29, 1.82) is 0 Å². The highest BCUT2D eigenvalue weighted by molar-refractivity contribution is 5.98. The summed E-state index contributed by atoms with van der Waals surface area (Å²) in [5.41, 5.74) is 1.43. The molecule has 9 heteroatoms. The van der Waals surface area contributed by atoms with E-state index in [1.165, 1.54) is 24.9 Å². The molecule has 3 atom stereocenters. The number of rotatable bonds is 8. The SMILES string of the molecule is CC(=O)N1C=C(c2ccccc2)N(N(C(C)=O)[C@@H](Cc2ccccc2)C(O)C(=O)O)C(=O)C1C(C)C. The Morgan fingerprint density at radius 3 is 2.00 bits per heavy atom. The predicted molar refractivity (Wildman–Crippen MR) is 133 cm³/mol. The lowest BCUT2D eigenvalue weighted by Crippen LogP contribution is -2.64. The van der Waals surface area contributed by atoms with E-state index < -0.39 is 36.0 Å². The molecule has 36 heavy (non-hydrogen) atoms. The van der Waals surface area contributed by atoms with Crippen LogP contribution in [0.15, 0.2) is 66.9 Å². The zero-order valence-electron chi connectivity index (χ0n) is 20.7. The van der Waals surface area contributed by atoms with Gasteiger partial charge in [0.1, 0.15) is 6.04 Å². The molecule has 2 unspecified atom stereocenters. The average molecular weight is 494 g/mol. The first-order valence-electron chi connectivity index (χ1n) is 11.7. The first-order chi connectivity index (χ1) is 17.0. The van der Waals surface area contributed by atoms with Crippen LogP contribution in [0.4, 0.5) is 0 Å². The fourth-order valence-electron chi connectivity index (χ4n) is 4.43. The van der Waals surface area contributed by atoms with Crippen LogP contribution in [0.1, 0.15) is 38.8 Å². The van der Waals surface area contributed by atoms with E-state index in [0.29, 0.717) is 11.1 Å². The Labute approximate surface area is 210 Å². The van der Waals surface area contributed by atoms with Crippen LogP contribution in [-0.2, 0) is 25.6 Å². The maximum atomic E-state index is 14.0. The smallest absolute Gasteiger partial charge is 0.334 e. The van der Waals surface area contributed by atoms with Gasteiger partial charge in [-0.1, -0.05) is 74.5 Å². The maximum Gasteiger partial charge on any atom is 0.334 e. The molecule has 1 aliphatic heterocycles. The molecule has 0 saturated carbocycles. The molecule has 2 N–H and O–H groups in total. The minimum absolute atomic E-state index is 0.0253. The van der Waals surface area contributed by atoms with Gasteiger partial charge in [0.25, 0.3) is 5.91 Å². The van der Waals surface area contributed by atoms with E-state index in [1.54, 1.807) is 74.5 Å². The number of carboxylic acid groups (broad SMARTS) is 1. The number of hydrazine groups is 1. The summed E-state index contributed by atoms with van der Waals surface area (Å²) < 4.78 is 0. The summed E-state index contributed by atoms with van der Waals surface area (Å²) in [5, 5.41) is 22.6. The maximum absolute atomic E-state index is 14.0. The minimum atomic E-state index is -1.98. The van der Waals surface area contributed by atoms with Crippen LogP contribution >= 0.6 is 0 Å². The van der Waals surface area contributed by atoms with Crippen molar-refractivity contribution < 1.29 is 29.4 Å². The summed E-state index contributed by atoms with van der Waals surface area (Å²) in [6.07, 6.45) is -0.503. The number of carboxylic acids is 1. The zero-order chi connectivity index (χ0) is 26.6. The summed E-state index contributed by atoms with van der Waals surface area (Å²) in [6, 6.07) is 15.3. The van der Waals surface area contributed by atoms with Crippen LogP contribution in [0.25, 0.3) is 5.70 Å². The van der Waals surface area contributed by atoms with Crippen LogP contribution in [0.2, 0.25) is 0 Å². The van der Waals surface area contributed by atoms with Crippen LogP contribution in [0.3, 0.4) is 0 Å². The number of nitrogens with zero attached hydrogens (tertiary/aromatic N) is 3. The molecule has 3 amide bonds. The van der Waals surface area contributed by atoms with Gasteiger partial charge in [0.2, 0.25) is 11.8 Å². The predicted octanol–water partition coefficient (Wildman–Crippen LogP) is 2.52. The average Bonchev–Trinajstić information content (AvgIpc) is 2.84. The summed E-state index contributed by atoms with van der Waals surface area (Å²) in [5.74, 6) is -3.40. The van der Waals surface area contributed by atoms with Gasteiger partial charge >= 0.3 is 5.97 Å². The monoisotopic (exact) mass is 493 g/mol. The van der Waals surface area contributed by atoms with E-state index >= 15 is 0 Å². The topological polar surface area (TPSA) is 118 Å². The second-order valence-electron chi connectivity index (χ2n) is 9.05. The molecule has 2 aromatic carbocycles. The lowest BCUT2D eigenvalue weighted by molar-refractivity contribution is -0.175. The molecule has 0 bridgehead atoms. The van der Waals surface area contributed by atoms with Crippen LogP contribution in [0.5, 0.6) is 0 Å². The number of hydrogen-bond donors (Lipinski definition) is 2. The second kappa shape index (κ2) is 11.2. The Bertz CT molecular complexity index is 1150. The van der Waals surface area contributed by atoms with Crippen LogP contribution in [-0.4, -0.2) is 67.0 Å². The molecule has 0 fully saturated rings. The minimum Gasteiger partial charge on any atom is -0.479 e. The molecule has 9 nitrogen and oxygen atoms in total. The highest BCUT2D eigenvalue weighted by Crippen LogP contribution is 2.33. The molecule has 190 valence electrons. The van der Waals surface area contributed by atoms with Gasteiger partial charge in [-0.25, -0.2) is 14.8 Å². The van der Waals surface area contributed by atoms with Crippen molar-refractivity contribution in [3.8, 4) is 0 Å². The Balaban J connectivity index is 2.25. The molecular weight excluding hydrogens is 462 g/mol. The zero-order valence-corrected chi connectivity index (χ0v) is 20.7. The van der Waals surface area contributed by atoms with Gasteiger partial charge in [0.15, 0.2) is 6.10 Å². The third kappa shape index (κ3) is 5.46. The number of aliphatic hydroxyl groups is 1. The van der Waals surface area contributed by atoms with Crippen molar-refractivity contribution in [3.05, 3.63) is 78.0 Å². The molecule has 0 saturated heterocycles. The highest BCUT2D eigenvalue weighted by atomic mass is 16.4. The highest BCUT2D eigenvalue weighted by Gasteiger charge is 2.46. The van der Waals surface area contributed by atoms with Crippen molar-refractivity contribution in [2.75, 3.05) is 0 Å².